The molecule has 0 saturated carbocycles. The second-order valence-corrected chi connectivity index (χ2v) is 6.09. The molecule has 3 aromatic carbocycles. The zero-order valence-electron chi connectivity index (χ0n) is 13.6. The highest BCUT2D eigenvalue weighted by molar-refractivity contribution is 6.00. The number of fused-ring (bicyclic) bond motifs is 2. The molecule has 4 aromatic rings. The number of carboxylic acids is 1. The Bertz CT molecular complexity index is 1070. The Morgan fingerprint density at radius 2 is 1.72 bits per heavy atom. The normalized spacial score (nSPS) is 11.0. The first-order valence-electron chi connectivity index (χ1n) is 8.27. The number of aromatic nitrogens is 1. The largest absolute Gasteiger partial charge is 0.478 e. The maximum atomic E-state index is 11.6. The topological polar surface area (TPSA) is 65.1 Å². The summed E-state index contributed by atoms with van der Waals surface area (Å²) >= 11 is 0. The van der Waals surface area contributed by atoms with Crippen molar-refractivity contribution >= 4 is 33.3 Å². The number of hydrogen-bond donors (Lipinski definition) is 3. The Kier molecular flexibility index (Phi) is 3.86. The summed E-state index contributed by atoms with van der Waals surface area (Å²) in [6, 6.07) is 19.6. The van der Waals surface area contributed by atoms with Gasteiger partial charge >= 0.3 is 5.97 Å². The van der Waals surface area contributed by atoms with E-state index in [4.69, 9.17) is 0 Å². The van der Waals surface area contributed by atoms with Crippen LogP contribution in [0, 0.1) is 0 Å². The summed E-state index contributed by atoms with van der Waals surface area (Å²) in [6.07, 6.45) is 2.83. The maximum absolute atomic E-state index is 11.6. The van der Waals surface area contributed by atoms with Crippen LogP contribution in [0.5, 0.6) is 0 Å². The fourth-order valence-electron chi connectivity index (χ4n) is 3.23. The van der Waals surface area contributed by atoms with E-state index in [0.29, 0.717) is 17.8 Å². The van der Waals surface area contributed by atoms with Crippen molar-refractivity contribution in [3.8, 4) is 0 Å². The predicted octanol–water partition coefficient (Wildman–Crippen LogP) is 4.67. The lowest BCUT2D eigenvalue weighted by Gasteiger charge is -2.11. The summed E-state index contributed by atoms with van der Waals surface area (Å²) in [5.74, 6) is -0.916. The molecular weight excluding hydrogens is 312 g/mol. The van der Waals surface area contributed by atoms with E-state index in [0.717, 1.165) is 22.7 Å². The molecule has 0 fully saturated rings. The highest BCUT2D eigenvalue weighted by Gasteiger charge is 2.11. The minimum absolute atomic E-state index is 0.303. The quantitative estimate of drug-likeness (QED) is 0.498. The maximum Gasteiger partial charge on any atom is 0.337 e. The number of anilines is 1. The molecule has 0 aliphatic carbocycles. The molecule has 3 N–H and O–H groups in total. The number of carboxylic acid groups (broad SMARTS) is 1. The van der Waals surface area contributed by atoms with Crippen molar-refractivity contribution in [2.45, 2.75) is 6.42 Å². The summed E-state index contributed by atoms with van der Waals surface area (Å²) in [6.45, 7) is 0.667. The Balaban J connectivity index is 1.58. The molecular formula is C21H18N2O2. The molecule has 4 rings (SSSR count). The highest BCUT2D eigenvalue weighted by atomic mass is 16.4. The average molecular weight is 330 g/mol. The van der Waals surface area contributed by atoms with Gasteiger partial charge in [-0.15, -0.1) is 0 Å². The van der Waals surface area contributed by atoms with Gasteiger partial charge in [-0.1, -0.05) is 42.5 Å². The third-order valence-electron chi connectivity index (χ3n) is 4.50. The second-order valence-electron chi connectivity index (χ2n) is 6.09. The lowest BCUT2D eigenvalue weighted by molar-refractivity contribution is 0.0698. The molecule has 4 heteroatoms. The molecule has 124 valence electrons. The number of H-pyrrole nitrogens is 1. The van der Waals surface area contributed by atoms with E-state index >= 15 is 0 Å². The van der Waals surface area contributed by atoms with Crippen molar-refractivity contribution in [3.05, 3.63) is 78.0 Å². The van der Waals surface area contributed by atoms with Gasteiger partial charge < -0.3 is 15.4 Å². The summed E-state index contributed by atoms with van der Waals surface area (Å²) < 4.78 is 0. The molecule has 4 nitrogen and oxygen atoms in total. The van der Waals surface area contributed by atoms with Crippen molar-refractivity contribution in [2.24, 2.45) is 0 Å². The molecule has 1 heterocycles. The van der Waals surface area contributed by atoms with Crippen molar-refractivity contribution < 1.29 is 9.90 Å². The highest BCUT2D eigenvalue weighted by Crippen LogP contribution is 2.25. The summed E-state index contributed by atoms with van der Waals surface area (Å²) in [5.41, 5.74) is 3.30. The van der Waals surface area contributed by atoms with Gasteiger partial charge in [0.2, 0.25) is 0 Å². The van der Waals surface area contributed by atoms with Crippen LogP contribution in [0.1, 0.15) is 15.9 Å². The van der Waals surface area contributed by atoms with Crippen molar-refractivity contribution in [1.82, 2.24) is 4.98 Å². The molecule has 0 aliphatic rings. The molecule has 0 unspecified atom stereocenters. The van der Waals surface area contributed by atoms with E-state index in [1.54, 1.807) is 6.07 Å². The number of carbonyl (C=O) groups is 1. The zero-order chi connectivity index (χ0) is 17.2. The van der Waals surface area contributed by atoms with E-state index < -0.39 is 5.97 Å². The standard InChI is InChI=1S/C21H18N2O2/c24-21(25)18-11-14-5-1-2-6-15(14)12-20(18)22-10-9-16-13-23-19-8-4-3-7-17(16)19/h1-8,11-13,22-23H,9-10H2,(H,24,25). The van der Waals surface area contributed by atoms with Crippen LogP contribution in [0.2, 0.25) is 0 Å². The predicted molar refractivity (Wildman–Crippen MR) is 101 cm³/mol. The lowest BCUT2D eigenvalue weighted by atomic mass is 10.0. The monoisotopic (exact) mass is 330 g/mol. The fourth-order valence-corrected chi connectivity index (χ4v) is 3.23. The molecule has 0 atom stereocenters. The number of aromatic amines is 1. The third kappa shape index (κ3) is 2.94. The number of rotatable bonds is 5. The van der Waals surface area contributed by atoms with Crippen LogP contribution in [0.25, 0.3) is 21.7 Å². The molecule has 0 bridgehead atoms. The molecule has 0 amide bonds. The van der Waals surface area contributed by atoms with Crippen LogP contribution in [0.4, 0.5) is 5.69 Å². The number of hydrogen-bond acceptors (Lipinski definition) is 2. The first kappa shape index (κ1) is 15.3. The van der Waals surface area contributed by atoms with Crippen LogP contribution in [0.15, 0.2) is 66.9 Å². The van der Waals surface area contributed by atoms with E-state index in [1.807, 2.05) is 48.7 Å². The zero-order valence-corrected chi connectivity index (χ0v) is 13.6. The van der Waals surface area contributed by atoms with Crippen molar-refractivity contribution in [1.29, 1.82) is 0 Å². The lowest BCUT2D eigenvalue weighted by Crippen LogP contribution is -2.09. The third-order valence-corrected chi connectivity index (χ3v) is 4.50. The van der Waals surface area contributed by atoms with Gasteiger partial charge in [-0.05, 0) is 41.0 Å². The van der Waals surface area contributed by atoms with E-state index in [2.05, 4.69) is 22.4 Å². The first-order chi connectivity index (χ1) is 12.2. The molecule has 25 heavy (non-hydrogen) atoms. The summed E-state index contributed by atoms with van der Waals surface area (Å²) in [4.78, 5) is 14.9. The van der Waals surface area contributed by atoms with Crippen LogP contribution >= 0.6 is 0 Å². The Morgan fingerprint density at radius 3 is 2.52 bits per heavy atom. The van der Waals surface area contributed by atoms with Crippen LogP contribution < -0.4 is 5.32 Å². The molecule has 0 spiro atoms. The number of para-hydroxylation sites is 1. The van der Waals surface area contributed by atoms with Gasteiger partial charge in [0.15, 0.2) is 0 Å². The molecule has 0 radical (unpaired) electrons. The number of aromatic carboxylic acids is 1. The van der Waals surface area contributed by atoms with Crippen LogP contribution in [-0.2, 0) is 6.42 Å². The smallest absolute Gasteiger partial charge is 0.337 e. The van der Waals surface area contributed by atoms with Gasteiger partial charge in [-0.3, -0.25) is 0 Å². The van der Waals surface area contributed by atoms with Crippen molar-refractivity contribution in [3.63, 3.8) is 0 Å². The Labute approximate surface area is 145 Å². The van der Waals surface area contributed by atoms with Gasteiger partial charge in [0, 0.05) is 29.3 Å². The average Bonchev–Trinajstić information content (AvgIpc) is 3.04. The number of nitrogens with one attached hydrogen (secondary N) is 2. The molecule has 0 aliphatic heterocycles. The van der Waals surface area contributed by atoms with Gasteiger partial charge in [0.1, 0.15) is 0 Å². The fraction of sp³-hybridized carbons (Fsp3) is 0.0952. The van der Waals surface area contributed by atoms with Crippen molar-refractivity contribution in [2.75, 3.05) is 11.9 Å². The van der Waals surface area contributed by atoms with Gasteiger partial charge in [0.25, 0.3) is 0 Å². The van der Waals surface area contributed by atoms with Gasteiger partial charge in [-0.2, -0.15) is 0 Å². The summed E-state index contributed by atoms with van der Waals surface area (Å²) in [5, 5.41) is 16.0. The Morgan fingerprint density at radius 1 is 1.00 bits per heavy atom. The summed E-state index contributed by atoms with van der Waals surface area (Å²) in [7, 11) is 0. The SMILES string of the molecule is O=C(O)c1cc2ccccc2cc1NCCc1c[nH]c2ccccc12. The minimum Gasteiger partial charge on any atom is -0.478 e. The van der Waals surface area contributed by atoms with E-state index in [9.17, 15) is 9.90 Å². The number of benzene rings is 3. The second kappa shape index (κ2) is 6.32. The Hall–Kier alpha value is -3.27. The molecule has 0 saturated heterocycles. The van der Waals surface area contributed by atoms with Crippen LogP contribution in [-0.4, -0.2) is 22.6 Å². The van der Waals surface area contributed by atoms with E-state index in [1.165, 1.54) is 10.9 Å². The van der Waals surface area contributed by atoms with Crippen LogP contribution in [0.3, 0.4) is 0 Å². The minimum atomic E-state index is -0.916. The van der Waals surface area contributed by atoms with Gasteiger partial charge in [-0.25, -0.2) is 4.79 Å². The molecule has 1 aromatic heterocycles. The van der Waals surface area contributed by atoms with Gasteiger partial charge in [0.05, 0.1) is 5.56 Å². The first-order valence-corrected chi connectivity index (χ1v) is 8.27. The van der Waals surface area contributed by atoms with E-state index in [-0.39, 0.29) is 0 Å².